The molecule has 0 spiro atoms. The number of likely N-dealkylation sites (tertiary alicyclic amines) is 1. The van der Waals surface area contributed by atoms with E-state index < -0.39 is 0 Å². The van der Waals surface area contributed by atoms with Gasteiger partial charge in [0.25, 0.3) is 5.91 Å². The first-order chi connectivity index (χ1) is 10.9. The molecular weight excluding hydrogens is 326 g/mol. The monoisotopic (exact) mass is 349 g/mol. The van der Waals surface area contributed by atoms with Crippen LogP contribution in [0.3, 0.4) is 0 Å². The average Bonchev–Trinajstić information content (AvgIpc) is 2.91. The first-order valence-corrected chi connectivity index (χ1v) is 7.93. The third-order valence-electron chi connectivity index (χ3n) is 4.70. The molecule has 1 atom stereocenters. The van der Waals surface area contributed by atoms with E-state index in [4.69, 9.17) is 5.73 Å². The summed E-state index contributed by atoms with van der Waals surface area (Å²) in [5.74, 6) is -0.0651. The van der Waals surface area contributed by atoms with E-state index in [1.807, 2.05) is 42.2 Å². The maximum Gasteiger partial charge on any atom is 0.276 e. The van der Waals surface area contributed by atoms with Crippen molar-refractivity contribution in [3.63, 3.8) is 0 Å². The lowest BCUT2D eigenvalue weighted by Crippen LogP contribution is -2.54. The van der Waals surface area contributed by atoms with Crippen LogP contribution >= 0.6 is 12.4 Å². The molecule has 2 aromatic rings. The summed E-state index contributed by atoms with van der Waals surface area (Å²) in [4.78, 5) is 14.7. The summed E-state index contributed by atoms with van der Waals surface area (Å²) < 4.78 is 1.70. The highest BCUT2D eigenvalue weighted by Gasteiger charge is 2.36. The van der Waals surface area contributed by atoms with Crippen LogP contribution in [0.1, 0.15) is 36.5 Å². The van der Waals surface area contributed by atoms with E-state index in [1.165, 1.54) is 0 Å². The zero-order valence-corrected chi connectivity index (χ0v) is 15.1. The first-order valence-electron chi connectivity index (χ1n) is 7.93. The molecule has 0 radical (unpaired) electrons. The lowest BCUT2D eigenvalue weighted by molar-refractivity contribution is 0.0526. The topological polar surface area (TPSA) is 77.0 Å². The van der Waals surface area contributed by atoms with E-state index in [2.05, 4.69) is 24.2 Å². The van der Waals surface area contributed by atoms with Crippen LogP contribution < -0.4 is 5.73 Å². The highest BCUT2D eigenvalue weighted by molar-refractivity contribution is 5.93. The molecule has 1 aromatic heterocycles. The second-order valence-corrected chi connectivity index (χ2v) is 6.88. The average molecular weight is 350 g/mol. The number of hydrogen-bond donors (Lipinski definition) is 1. The van der Waals surface area contributed by atoms with Crippen molar-refractivity contribution in [2.45, 2.75) is 33.2 Å². The van der Waals surface area contributed by atoms with Gasteiger partial charge in [-0.15, -0.1) is 17.5 Å². The van der Waals surface area contributed by atoms with Crippen molar-refractivity contribution < 1.29 is 4.79 Å². The molecule has 130 valence electrons. The summed E-state index contributed by atoms with van der Waals surface area (Å²) in [5.41, 5.74) is 8.14. The standard InChI is InChI=1S/C17H23N5O.ClH/c1-12-15(19-20-22(12)13-7-5-4-6-8-13)16(23)21-10-9-14(18)17(2,3)11-21;/h4-8,14H,9-11,18H2,1-3H3;1H. The zero-order valence-electron chi connectivity index (χ0n) is 14.3. The Morgan fingerprint density at radius 2 is 1.96 bits per heavy atom. The van der Waals surface area contributed by atoms with E-state index in [0.717, 1.165) is 17.8 Å². The number of aromatic nitrogens is 3. The summed E-state index contributed by atoms with van der Waals surface area (Å²) in [7, 11) is 0. The number of benzene rings is 1. The number of piperidine rings is 1. The van der Waals surface area contributed by atoms with Gasteiger partial charge in [-0.2, -0.15) is 0 Å². The third kappa shape index (κ3) is 3.30. The molecule has 1 aliphatic heterocycles. The Morgan fingerprint density at radius 1 is 1.29 bits per heavy atom. The molecule has 1 fully saturated rings. The zero-order chi connectivity index (χ0) is 16.6. The Bertz CT molecular complexity index is 713. The highest BCUT2D eigenvalue weighted by Crippen LogP contribution is 2.28. The van der Waals surface area contributed by atoms with Crippen LogP contribution in [0.15, 0.2) is 30.3 Å². The minimum atomic E-state index is -0.0861. The highest BCUT2D eigenvalue weighted by atomic mass is 35.5. The predicted octanol–water partition coefficient (Wildman–Crippen LogP) is 2.20. The van der Waals surface area contributed by atoms with Gasteiger partial charge in [-0.3, -0.25) is 4.79 Å². The summed E-state index contributed by atoms with van der Waals surface area (Å²) in [6.07, 6.45) is 0.810. The van der Waals surface area contributed by atoms with Crippen molar-refractivity contribution >= 4 is 18.3 Å². The number of nitrogens with zero attached hydrogens (tertiary/aromatic N) is 4. The fourth-order valence-corrected chi connectivity index (χ4v) is 3.04. The molecule has 1 saturated heterocycles. The molecule has 1 aliphatic rings. The van der Waals surface area contributed by atoms with Crippen LogP contribution in [0.5, 0.6) is 0 Å². The number of halogens is 1. The Kier molecular flexibility index (Phi) is 5.30. The van der Waals surface area contributed by atoms with Gasteiger partial charge in [-0.1, -0.05) is 37.3 Å². The lowest BCUT2D eigenvalue weighted by atomic mass is 9.79. The minimum absolute atomic E-state index is 0. The minimum Gasteiger partial charge on any atom is -0.337 e. The van der Waals surface area contributed by atoms with Crippen LogP contribution in [0.2, 0.25) is 0 Å². The normalized spacial score (nSPS) is 19.7. The maximum absolute atomic E-state index is 12.8. The second kappa shape index (κ2) is 6.91. The van der Waals surface area contributed by atoms with Crippen LogP contribution in [0.25, 0.3) is 5.69 Å². The molecular formula is C17H24ClN5O. The van der Waals surface area contributed by atoms with Gasteiger partial charge in [0.2, 0.25) is 0 Å². The Balaban J connectivity index is 0.00000208. The number of carbonyl (C=O) groups is 1. The Hall–Kier alpha value is -1.92. The largest absolute Gasteiger partial charge is 0.337 e. The van der Waals surface area contributed by atoms with E-state index in [9.17, 15) is 4.79 Å². The number of amides is 1. The van der Waals surface area contributed by atoms with Gasteiger partial charge in [0, 0.05) is 19.1 Å². The van der Waals surface area contributed by atoms with E-state index >= 15 is 0 Å². The van der Waals surface area contributed by atoms with Crippen LogP contribution in [-0.2, 0) is 0 Å². The number of carbonyl (C=O) groups excluding carboxylic acids is 1. The number of para-hydroxylation sites is 1. The summed E-state index contributed by atoms with van der Waals surface area (Å²) >= 11 is 0. The van der Waals surface area contributed by atoms with Crippen molar-refractivity contribution in [2.75, 3.05) is 13.1 Å². The van der Waals surface area contributed by atoms with E-state index in [1.54, 1.807) is 4.68 Å². The number of nitrogens with two attached hydrogens (primary N) is 1. The summed E-state index contributed by atoms with van der Waals surface area (Å²) in [5, 5.41) is 8.27. The van der Waals surface area contributed by atoms with Gasteiger partial charge < -0.3 is 10.6 Å². The third-order valence-corrected chi connectivity index (χ3v) is 4.70. The van der Waals surface area contributed by atoms with Gasteiger partial charge in [0.1, 0.15) is 0 Å². The molecule has 1 amide bonds. The molecule has 6 nitrogen and oxygen atoms in total. The summed E-state index contributed by atoms with van der Waals surface area (Å²) in [6.45, 7) is 7.39. The molecule has 3 rings (SSSR count). The van der Waals surface area contributed by atoms with Crippen molar-refractivity contribution in [3.05, 3.63) is 41.7 Å². The molecule has 1 aromatic carbocycles. The molecule has 24 heavy (non-hydrogen) atoms. The molecule has 1 unspecified atom stereocenters. The Morgan fingerprint density at radius 3 is 2.58 bits per heavy atom. The van der Waals surface area contributed by atoms with Crippen molar-refractivity contribution in [1.82, 2.24) is 19.9 Å². The van der Waals surface area contributed by atoms with Crippen LogP contribution in [0, 0.1) is 12.3 Å². The summed E-state index contributed by atoms with van der Waals surface area (Å²) in [6, 6.07) is 9.82. The molecule has 2 heterocycles. The maximum atomic E-state index is 12.8. The molecule has 0 bridgehead atoms. The van der Waals surface area contributed by atoms with Gasteiger partial charge >= 0.3 is 0 Å². The SMILES string of the molecule is Cc1c(C(=O)N2CCC(N)C(C)(C)C2)nnn1-c1ccccc1.Cl. The van der Waals surface area contributed by atoms with E-state index in [-0.39, 0.29) is 29.8 Å². The van der Waals surface area contributed by atoms with E-state index in [0.29, 0.717) is 18.8 Å². The number of rotatable bonds is 2. The van der Waals surface area contributed by atoms with Gasteiger partial charge in [-0.05, 0) is 30.9 Å². The second-order valence-electron chi connectivity index (χ2n) is 6.88. The molecule has 0 saturated carbocycles. The smallest absolute Gasteiger partial charge is 0.276 e. The van der Waals surface area contributed by atoms with Gasteiger partial charge in [0.15, 0.2) is 5.69 Å². The first kappa shape index (κ1) is 18.4. The van der Waals surface area contributed by atoms with Gasteiger partial charge in [-0.25, -0.2) is 4.68 Å². The van der Waals surface area contributed by atoms with Crippen LogP contribution in [0.4, 0.5) is 0 Å². The van der Waals surface area contributed by atoms with Crippen molar-refractivity contribution in [2.24, 2.45) is 11.1 Å². The van der Waals surface area contributed by atoms with Crippen molar-refractivity contribution in [3.8, 4) is 5.69 Å². The lowest BCUT2D eigenvalue weighted by Gasteiger charge is -2.42. The quantitative estimate of drug-likeness (QED) is 0.901. The Labute approximate surface area is 148 Å². The van der Waals surface area contributed by atoms with Crippen LogP contribution in [-0.4, -0.2) is 44.9 Å². The van der Waals surface area contributed by atoms with Crippen molar-refractivity contribution in [1.29, 1.82) is 0 Å². The molecule has 7 heteroatoms. The molecule has 2 N–H and O–H groups in total. The fourth-order valence-electron chi connectivity index (χ4n) is 3.04. The van der Waals surface area contributed by atoms with Gasteiger partial charge in [0.05, 0.1) is 11.4 Å². The fraction of sp³-hybridized carbons (Fsp3) is 0.471. The number of hydrogen-bond acceptors (Lipinski definition) is 4. The predicted molar refractivity (Wildman–Crippen MR) is 95.6 cm³/mol. The molecule has 0 aliphatic carbocycles.